The number of aromatic nitrogens is 3. The standard InChI is InChI=1S/C20H18N6O2/c1-12-11-14(9-10-22-12)23-20(27)26(28)15-7-5-13(6-8-15)16-3-2-4-17-18(16)19(21)25-24-17/h2-11,28H,1H3,(H3,21,24,25)(H,22,23,27). The first kappa shape index (κ1) is 17.5. The zero-order valence-corrected chi connectivity index (χ0v) is 15.0. The van der Waals surface area contributed by atoms with E-state index in [1.54, 1.807) is 30.5 Å². The number of urea groups is 1. The zero-order chi connectivity index (χ0) is 19.7. The molecule has 2 aromatic heterocycles. The lowest BCUT2D eigenvalue weighted by molar-refractivity contribution is 0.216. The highest BCUT2D eigenvalue weighted by Gasteiger charge is 2.15. The summed E-state index contributed by atoms with van der Waals surface area (Å²) in [6.45, 7) is 1.82. The molecule has 8 heteroatoms. The van der Waals surface area contributed by atoms with Crippen molar-refractivity contribution in [1.29, 1.82) is 0 Å². The molecule has 8 nitrogen and oxygen atoms in total. The normalized spacial score (nSPS) is 10.8. The Hall–Kier alpha value is -3.91. The average molecular weight is 374 g/mol. The molecule has 0 unspecified atom stereocenters. The van der Waals surface area contributed by atoms with E-state index in [9.17, 15) is 10.0 Å². The molecule has 0 aliphatic rings. The number of hydroxylamine groups is 1. The molecule has 28 heavy (non-hydrogen) atoms. The molecule has 0 atom stereocenters. The topological polar surface area (TPSA) is 120 Å². The van der Waals surface area contributed by atoms with Crippen LogP contribution in [0.3, 0.4) is 0 Å². The van der Waals surface area contributed by atoms with E-state index in [4.69, 9.17) is 5.73 Å². The monoisotopic (exact) mass is 374 g/mol. The smallest absolute Gasteiger partial charge is 0.350 e. The lowest BCUT2D eigenvalue weighted by Gasteiger charge is -2.16. The molecule has 4 aromatic rings. The first-order valence-corrected chi connectivity index (χ1v) is 8.58. The molecule has 5 N–H and O–H groups in total. The molecule has 0 spiro atoms. The molecule has 140 valence electrons. The number of hydrogen-bond donors (Lipinski definition) is 4. The molecule has 0 bridgehead atoms. The van der Waals surface area contributed by atoms with E-state index in [2.05, 4.69) is 20.5 Å². The van der Waals surface area contributed by atoms with Crippen LogP contribution in [0.5, 0.6) is 0 Å². The Morgan fingerprint density at radius 1 is 1.18 bits per heavy atom. The molecule has 0 radical (unpaired) electrons. The van der Waals surface area contributed by atoms with Crippen LogP contribution in [0.15, 0.2) is 60.8 Å². The molecule has 4 rings (SSSR count). The van der Waals surface area contributed by atoms with Crippen molar-refractivity contribution < 1.29 is 10.0 Å². The van der Waals surface area contributed by atoms with E-state index in [1.165, 1.54) is 0 Å². The maximum absolute atomic E-state index is 12.3. The number of aryl methyl sites for hydroxylation is 1. The summed E-state index contributed by atoms with van der Waals surface area (Å²) < 4.78 is 0. The van der Waals surface area contributed by atoms with Crippen molar-refractivity contribution in [3.05, 3.63) is 66.5 Å². The Morgan fingerprint density at radius 2 is 1.96 bits per heavy atom. The van der Waals surface area contributed by atoms with E-state index >= 15 is 0 Å². The molecule has 0 saturated carbocycles. The van der Waals surface area contributed by atoms with Gasteiger partial charge in [0.1, 0.15) is 0 Å². The highest BCUT2D eigenvalue weighted by Crippen LogP contribution is 2.32. The Bertz CT molecular complexity index is 1150. The van der Waals surface area contributed by atoms with E-state index in [0.29, 0.717) is 22.3 Å². The number of fused-ring (bicyclic) bond motifs is 1. The molecule has 2 heterocycles. The number of pyridine rings is 1. The number of amides is 2. The predicted molar refractivity (Wildman–Crippen MR) is 108 cm³/mol. The third kappa shape index (κ3) is 3.24. The van der Waals surface area contributed by atoms with Crippen LogP contribution in [0.2, 0.25) is 0 Å². The predicted octanol–water partition coefficient (Wildman–Crippen LogP) is 3.94. The fourth-order valence-electron chi connectivity index (χ4n) is 3.04. The highest BCUT2D eigenvalue weighted by molar-refractivity contribution is 6.02. The summed E-state index contributed by atoms with van der Waals surface area (Å²) in [5.41, 5.74) is 10.3. The van der Waals surface area contributed by atoms with Crippen molar-refractivity contribution in [2.45, 2.75) is 6.92 Å². The maximum atomic E-state index is 12.3. The second-order valence-electron chi connectivity index (χ2n) is 6.31. The van der Waals surface area contributed by atoms with Crippen molar-refractivity contribution in [1.82, 2.24) is 15.2 Å². The van der Waals surface area contributed by atoms with Crippen LogP contribution in [-0.4, -0.2) is 26.4 Å². The summed E-state index contributed by atoms with van der Waals surface area (Å²) in [7, 11) is 0. The maximum Gasteiger partial charge on any atom is 0.350 e. The van der Waals surface area contributed by atoms with Crippen molar-refractivity contribution in [2.24, 2.45) is 0 Å². The number of nitrogens with two attached hydrogens (primary N) is 1. The largest absolute Gasteiger partial charge is 0.382 e. The van der Waals surface area contributed by atoms with E-state index < -0.39 is 6.03 Å². The first-order chi connectivity index (χ1) is 13.5. The molecule has 0 aliphatic carbocycles. The number of H-pyrrole nitrogens is 1. The average Bonchev–Trinajstić information content (AvgIpc) is 3.09. The number of hydrogen-bond acceptors (Lipinski definition) is 5. The van der Waals surface area contributed by atoms with E-state index in [0.717, 1.165) is 27.7 Å². The van der Waals surface area contributed by atoms with Gasteiger partial charge in [-0.05, 0) is 48.4 Å². The first-order valence-electron chi connectivity index (χ1n) is 8.58. The number of carbonyl (C=O) groups excluding carboxylic acids is 1. The molecule has 2 amide bonds. The Morgan fingerprint density at radius 3 is 2.71 bits per heavy atom. The van der Waals surface area contributed by atoms with Crippen LogP contribution >= 0.6 is 0 Å². The SMILES string of the molecule is Cc1cc(NC(=O)N(O)c2ccc(-c3cccc4[nH]nc(N)c34)cc2)ccn1. The van der Waals surface area contributed by atoms with Gasteiger partial charge in [-0.1, -0.05) is 24.3 Å². The van der Waals surface area contributed by atoms with Gasteiger partial charge in [0.25, 0.3) is 0 Å². The highest BCUT2D eigenvalue weighted by atomic mass is 16.5. The van der Waals surface area contributed by atoms with E-state index in [1.807, 2.05) is 37.3 Å². The Kier molecular flexibility index (Phi) is 4.38. The lowest BCUT2D eigenvalue weighted by Crippen LogP contribution is -2.31. The number of anilines is 3. The summed E-state index contributed by atoms with van der Waals surface area (Å²) in [6, 6.07) is 15.4. The van der Waals surface area contributed by atoms with Crippen molar-refractivity contribution in [2.75, 3.05) is 16.1 Å². The summed E-state index contributed by atoms with van der Waals surface area (Å²) in [4.78, 5) is 16.3. The van der Waals surface area contributed by atoms with Crippen molar-refractivity contribution in [3.63, 3.8) is 0 Å². The summed E-state index contributed by atoms with van der Waals surface area (Å²) in [5, 5.41) is 21.2. The molecule has 0 aliphatic heterocycles. The number of nitrogens with one attached hydrogen (secondary N) is 2. The van der Waals surface area contributed by atoms with E-state index in [-0.39, 0.29) is 0 Å². The molecule has 2 aromatic carbocycles. The van der Waals surface area contributed by atoms with Gasteiger partial charge < -0.3 is 11.1 Å². The third-order valence-corrected chi connectivity index (χ3v) is 4.38. The minimum absolute atomic E-state index is 0.333. The van der Waals surface area contributed by atoms with Crippen LogP contribution in [0.25, 0.3) is 22.0 Å². The van der Waals surface area contributed by atoms with Crippen LogP contribution in [-0.2, 0) is 0 Å². The van der Waals surface area contributed by atoms with Crippen LogP contribution in [0.4, 0.5) is 22.0 Å². The fourth-order valence-corrected chi connectivity index (χ4v) is 3.04. The minimum atomic E-state index is -0.667. The molecule has 0 saturated heterocycles. The Labute approximate surface area is 160 Å². The minimum Gasteiger partial charge on any atom is -0.382 e. The Balaban J connectivity index is 1.57. The number of nitrogen functional groups attached to an aromatic ring is 1. The van der Waals surface area contributed by atoms with Crippen LogP contribution < -0.4 is 16.1 Å². The summed E-state index contributed by atoms with van der Waals surface area (Å²) in [5.74, 6) is 0.422. The van der Waals surface area contributed by atoms with Gasteiger partial charge in [0.05, 0.1) is 16.6 Å². The molecular weight excluding hydrogens is 356 g/mol. The van der Waals surface area contributed by atoms with Crippen LogP contribution in [0, 0.1) is 6.92 Å². The van der Waals surface area contributed by atoms with Gasteiger partial charge >= 0.3 is 6.03 Å². The van der Waals surface area contributed by atoms with Gasteiger partial charge in [0.2, 0.25) is 0 Å². The number of aromatic amines is 1. The van der Waals surface area contributed by atoms with Crippen LogP contribution in [0.1, 0.15) is 5.69 Å². The second kappa shape index (κ2) is 7.01. The lowest BCUT2D eigenvalue weighted by atomic mass is 10.0. The number of nitrogens with zero attached hydrogens (tertiary/aromatic N) is 3. The van der Waals surface area contributed by atoms with Crippen molar-refractivity contribution >= 4 is 34.1 Å². The molecular formula is C20H18N6O2. The van der Waals surface area contributed by atoms with Gasteiger partial charge in [-0.25, -0.2) is 4.79 Å². The van der Waals surface area contributed by atoms with Crippen molar-refractivity contribution in [3.8, 4) is 11.1 Å². The number of carbonyl (C=O) groups is 1. The van der Waals surface area contributed by atoms with Gasteiger partial charge in [0.15, 0.2) is 5.82 Å². The fraction of sp³-hybridized carbons (Fsp3) is 0.0500. The summed E-state index contributed by atoms with van der Waals surface area (Å²) in [6.07, 6.45) is 1.59. The third-order valence-electron chi connectivity index (χ3n) is 4.38. The van der Waals surface area contributed by atoms with Gasteiger partial charge in [-0.15, -0.1) is 0 Å². The number of rotatable bonds is 3. The van der Waals surface area contributed by atoms with Gasteiger partial charge in [-0.3, -0.25) is 15.3 Å². The molecule has 0 fully saturated rings. The second-order valence-corrected chi connectivity index (χ2v) is 6.31. The summed E-state index contributed by atoms with van der Waals surface area (Å²) >= 11 is 0. The van der Waals surface area contributed by atoms with Gasteiger partial charge in [-0.2, -0.15) is 10.2 Å². The zero-order valence-electron chi connectivity index (χ0n) is 15.0. The quantitative estimate of drug-likeness (QED) is 0.320. The number of benzene rings is 2. The van der Waals surface area contributed by atoms with Gasteiger partial charge in [0, 0.05) is 17.6 Å².